The van der Waals surface area contributed by atoms with E-state index in [0.717, 1.165) is 14.5 Å². The molecule has 25 heavy (non-hydrogen) atoms. The van der Waals surface area contributed by atoms with Gasteiger partial charge in [-0.25, -0.2) is 4.79 Å². The first-order valence-corrected chi connectivity index (χ1v) is 8.77. The van der Waals surface area contributed by atoms with Crippen molar-refractivity contribution in [1.82, 2.24) is 0 Å². The van der Waals surface area contributed by atoms with Crippen LogP contribution in [0.1, 0.15) is 22.2 Å². The number of methoxy groups -OCH3 is 2. The van der Waals surface area contributed by atoms with E-state index in [1.807, 2.05) is 24.3 Å². The molecule has 0 spiro atoms. The van der Waals surface area contributed by atoms with Crippen molar-refractivity contribution >= 4 is 37.8 Å². The van der Waals surface area contributed by atoms with Crippen LogP contribution in [0.2, 0.25) is 0 Å². The number of hydrogen-bond acceptors (Lipinski definition) is 5. The molecule has 2 aromatic rings. The average molecular weight is 472 g/mol. The van der Waals surface area contributed by atoms with E-state index in [2.05, 4.69) is 36.6 Å². The van der Waals surface area contributed by atoms with Crippen LogP contribution < -0.4 is 4.74 Å². The number of carbonyl (C=O) groups excluding carboxylic acids is 1. The molecule has 1 aliphatic heterocycles. The first kappa shape index (κ1) is 19.3. The summed E-state index contributed by atoms with van der Waals surface area (Å²) >= 11 is 6.68. The normalized spacial score (nSPS) is 12.5. The minimum absolute atomic E-state index is 0.291. The van der Waals surface area contributed by atoms with Crippen LogP contribution in [0.15, 0.2) is 63.9 Å². The quantitative estimate of drug-likeness (QED) is 0.575. The Balaban J connectivity index is 0.000000181. The Labute approximate surface area is 162 Å². The maximum absolute atomic E-state index is 11.2. The summed E-state index contributed by atoms with van der Waals surface area (Å²) in [5, 5.41) is 0. The third kappa shape index (κ3) is 5.24. The molecule has 0 aliphatic carbocycles. The van der Waals surface area contributed by atoms with Crippen molar-refractivity contribution < 1.29 is 23.7 Å². The fraction of sp³-hybridized carbons (Fsp3) is 0.167. The lowest BCUT2D eigenvalue weighted by molar-refractivity contribution is -0.0251. The van der Waals surface area contributed by atoms with Crippen molar-refractivity contribution in [1.29, 1.82) is 0 Å². The van der Waals surface area contributed by atoms with Crippen molar-refractivity contribution in [3.8, 4) is 5.75 Å². The molecule has 0 saturated carbocycles. The molecular weight excluding hydrogens is 456 g/mol. The van der Waals surface area contributed by atoms with Crippen LogP contribution in [-0.4, -0.2) is 20.2 Å². The Morgan fingerprint density at radius 1 is 1.04 bits per heavy atom. The molecular formula is C18H16Br2O5. The van der Waals surface area contributed by atoms with Gasteiger partial charge in [-0.2, -0.15) is 0 Å². The zero-order valence-corrected chi connectivity index (χ0v) is 16.7. The highest BCUT2D eigenvalue weighted by Gasteiger charge is 2.17. The molecule has 3 rings (SSSR count). The third-order valence-corrected chi connectivity index (χ3v) is 4.40. The SMILES string of the molecule is Brc1ccccc1C1OC=CO1.COC(=O)c1cc(Br)ccc1OC. The Hall–Kier alpha value is -1.99. The summed E-state index contributed by atoms with van der Waals surface area (Å²) in [4.78, 5) is 11.2. The van der Waals surface area contributed by atoms with Crippen LogP contribution in [0.3, 0.4) is 0 Å². The van der Waals surface area contributed by atoms with Gasteiger partial charge in [0.15, 0.2) is 0 Å². The summed E-state index contributed by atoms with van der Waals surface area (Å²) in [6.07, 6.45) is 2.80. The second-order valence-electron chi connectivity index (χ2n) is 4.73. The van der Waals surface area contributed by atoms with E-state index in [4.69, 9.17) is 14.2 Å². The summed E-state index contributed by atoms with van der Waals surface area (Å²) in [5.41, 5.74) is 1.42. The van der Waals surface area contributed by atoms with E-state index in [-0.39, 0.29) is 6.29 Å². The van der Waals surface area contributed by atoms with Crippen molar-refractivity contribution in [3.63, 3.8) is 0 Å². The van der Waals surface area contributed by atoms with Crippen LogP contribution >= 0.6 is 31.9 Å². The Morgan fingerprint density at radius 2 is 1.72 bits per heavy atom. The second kappa shape index (κ2) is 9.48. The number of carbonyl (C=O) groups is 1. The van der Waals surface area contributed by atoms with Crippen LogP contribution in [0.25, 0.3) is 0 Å². The highest BCUT2D eigenvalue weighted by Crippen LogP contribution is 2.29. The van der Waals surface area contributed by atoms with Gasteiger partial charge < -0.3 is 18.9 Å². The lowest BCUT2D eigenvalue weighted by atomic mass is 10.2. The third-order valence-electron chi connectivity index (χ3n) is 3.19. The summed E-state index contributed by atoms with van der Waals surface area (Å²) < 4.78 is 21.8. The molecule has 7 heteroatoms. The highest BCUT2D eigenvalue weighted by molar-refractivity contribution is 9.10. The molecule has 0 fully saturated rings. The van der Waals surface area contributed by atoms with Crippen molar-refractivity contribution in [2.75, 3.05) is 14.2 Å². The molecule has 0 bridgehead atoms. The zero-order chi connectivity index (χ0) is 18.2. The summed E-state index contributed by atoms with van der Waals surface area (Å²) in [7, 11) is 2.85. The first-order chi connectivity index (χ1) is 12.1. The summed E-state index contributed by atoms with van der Waals surface area (Å²) in [6.45, 7) is 0. The van der Waals surface area contributed by atoms with Gasteiger partial charge in [0.05, 0.1) is 14.2 Å². The molecule has 0 atom stereocenters. The van der Waals surface area contributed by atoms with Gasteiger partial charge in [0.1, 0.15) is 23.8 Å². The molecule has 0 radical (unpaired) electrons. The maximum Gasteiger partial charge on any atom is 0.341 e. The van der Waals surface area contributed by atoms with Gasteiger partial charge in [-0.15, -0.1) is 0 Å². The fourth-order valence-electron chi connectivity index (χ4n) is 2.00. The van der Waals surface area contributed by atoms with E-state index >= 15 is 0 Å². The fourth-order valence-corrected chi connectivity index (χ4v) is 2.83. The molecule has 0 unspecified atom stereocenters. The monoisotopic (exact) mass is 470 g/mol. The van der Waals surface area contributed by atoms with Crippen molar-refractivity contribution in [2.24, 2.45) is 0 Å². The maximum atomic E-state index is 11.2. The van der Waals surface area contributed by atoms with Gasteiger partial charge >= 0.3 is 5.97 Å². The Kier molecular flexibility index (Phi) is 7.33. The predicted molar refractivity (Wildman–Crippen MR) is 100 cm³/mol. The number of rotatable bonds is 3. The molecule has 0 N–H and O–H groups in total. The number of benzene rings is 2. The molecule has 0 aromatic heterocycles. The first-order valence-electron chi connectivity index (χ1n) is 7.19. The smallest absolute Gasteiger partial charge is 0.341 e. The number of halogens is 2. The van der Waals surface area contributed by atoms with Crippen molar-refractivity contribution in [3.05, 3.63) is 75.1 Å². The van der Waals surface area contributed by atoms with E-state index in [9.17, 15) is 4.79 Å². The summed E-state index contributed by atoms with van der Waals surface area (Å²) in [6, 6.07) is 13.0. The van der Waals surface area contributed by atoms with Crippen LogP contribution in [0, 0.1) is 0 Å². The topological polar surface area (TPSA) is 54.0 Å². The van der Waals surface area contributed by atoms with Crippen molar-refractivity contribution in [2.45, 2.75) is 6.29 Å². The molecule has 132 valence electrons. The lowest BCUT2D eigenvalue weighted by Gasteiger charge is -2.11. The van der Waals surface area contributed by atoms with Gasteiger partial charge in [0, 0.05) is 14.5 Å². The Bertz CT molecular complexity index is 753. The van der Waals surface area contributed by atoms with E-state index in [1.54, 1.807) is 30.7 Å². The van der Waals surface area contributed by atoms with Gasteiger partial charge in [-0.1, -0.05) is 50.1 Å². The lowest BCUT2D eigenvalue weighted by Crippen LogP contribution is -2.03. The molecule has 0 saturated heterocycles. The minimum atomic E-state index is -0.404. The van der Waals surface area contributed by atoms with E-state index in [1.165, 1.54) is 14.2 Å². The van der Waals surface area contributed by atoms with Crippen LogP contribution in [-0.2, 0) is 14.2 Å². The molecule has 5 nitrogen and oxygen atoms in total. The average Bonchev–Trinajstić information content (AvgIpc) is 3.16. The largest absolute Gasteiger partial charge is 0.496 e. The highest BCUT2D eigenvalue weighted by atomic mass is 79.9. The second-order valence-corrected chi connectivity index (χ2v) is 6.50. The van der Waals surface area contributed by atoms with Crippen LogP contribution in [0.4, 0.5) is 0 Å². The molecule has 0 amide bonds. The number of ether oxygens (including phenoxy) is 4. The van der Waals surface area contributed by atoms with Gasteiger partial charge in [0.2, 0.25) is 0 Å². The molecule has 2 aromatic carbocycles. The number of esters is 1. The molecule has 1 aliphatic rings. The van der Waals surface area contributed by atoms with Crippen LogP contribution in [0.5, 0.6) is 5.75 Å². The van der Waals surface area contributed by atoms with Gasteiger partial charge in [0.25, 0.3) is 6.29 Å². The standard InChI is InChI=1S/C9H9BrO3.C9H7BrO2/c1-12-8-4-3-6(10)5-7(8)9(11)13-2;10-8-4-2-1-3-7(8)9-11-5-6-12-9/h3-5H,1-2H3;1-6,9H. The van der Waals surface area contributed by atoms with Gasteiger partial charge in [-0.3, -0.25) is 0 Å². The predicted octanol–water partition coefficient (Wildman–Crippen LogP) is 5.21. The van der Waals surface area contributed by atoms with E-state index in [0.29, 0.717) is 11.3 Å². The summed E-state index contributed by atoms with van der Waals surface area (Å²) in [5.74, 6) is 0.105. The van der Waals surface area contributed by atoms with E-state index < -0.39 is 5.97 Å². The van der Waals surface area contributed by atoms with Gasteiger partial charge in [-0.05, 0) is 24.3 Å². The zero-order valence-electron chi connectivity index (χ0n) is 13.6. The number of hydrogen-bond donors (Lipinski definition) is 0. The molecule has 1 heterocycles. The Morgan fingerprint density at radius 3 is 2.32 bits per heavy atom. The minimum Gasteiger partial charge on any atom is -0.496 e.